The predicted molar refractivity (Wildman–Crippen MR) is 94.2 cm³/mol. The van der Waals surface area contributed by atoms with Crippen LogP contribution in [0.1, 0.15) is 40.7 Å². The van der Waals surface area contributed by atoms with E-state index in [4.69, 9.17) is 14.6 Å². The van der Waals surface area contributed by atoms with Crippen LogP contribution < -0.4 is 4.74 Å². The minimum atomic E-state index is -1.02. The second kappa shape index (κ2) is 8.85. The van der Waals surface area contributed by atoms with E-state index in [2.05, 4.69) is 0 Å². The molecule has 0 spiro atoms. The van der Waals surface area contributed by atoms with E-state index in [1.165, 1.54) is 0 Å². The van der Waals surface area contributed by atoms with Crippen LogP contribution in [0.25, 0.3) is 0 Å². The Labute approximate surface area is 148 Å². The Hall–Kier alpha value is -2.08. The summed E-state index contributed by atoms with van der Waals surface area (Å²) >= 11 is 0. The van der Waals surface area contributed by atoms with Crippen molar-refractivity contribution < 1.29 is 24.2 Å². The zero-order valence-corrected chi connectivity index (χ0v) is 15.2. The summed E-state index contributed by atoms with van der Waals surface area (Å²) in [5.74, 6) is 0.109. The molecule has 0 aliphatic carbocycles. The molecule has 0 bridgehead atoms. The molecule has 0 saturated carbocycles. The van der Waals surface area contributed by atoms with Crippen molar-refractivity contribution in [3.63, 3.8) is 0 Å². The third kappa shape index (κ3) is 5.46. The molecule has 1 aromatic carbocycles. The molecule has 0 unspecified atom stereocenters. The van der Waals surface area contributed by atoms with E-state index in [-0.39, 0.29) is 12.5 Å². The quantitative estimate of drug-likeness (QED) is 0.819. The molecule has 1 aliphatic heterocycles. The number of ether oxygens (including phenoxy) is 2. The molecule has 0 aromatic heterocycles. The summed E-state index contributed by atoms with van der Waals surface area (Å²) in [7, 11) is 1.82. The lowest BCUT2D eigenvalue weighted by atomic mass is 9.96. The number of benzene rings is 1. The first-order valence-corrected chi connectivity index (χ1v) is 8.67. The van der Waals surface area contributed by atoms with Gasteiger partial charge in [-0.25, -0.2) is 4.79 Å². The summed E-state index contributed by atoms with van der Waals surface area (Å²) in [5, 5.41) is 8.75. The molecule has 6 nitrogen and oxygen atoms in total. The Morgan fingerprint density at radius 3 is 2.40 bits per heavy atom. The third-order valence-corrected chi connectivity index (χ3v) is 4.61. The van der Waals surface area contributed by atoms with E-state index >= 15 is 0 Å². The van der Waals surface area contributed by atoms with Gasteiger partial charge in [0.15, 0.2) is 6.61 Å². The molecular weight excluding hydrogens is 322 g/mol. The van der Waals surface area contributed by atoms with Crippen molar-refractivity contribution in [2.75, 3.05) is 33.4 Å². The first-order valence-electron chi connectivity index (χ1n) is 8.67. The SMILES string of the molecule is Cc1cc(C(=O)N(C)CCC2CCOCC2)cc(C)c1OCC(=O)O. The van der Waals surface area contributed by atoms with E-state index in [0.29, 0.717) is 17.2 Å². The lowest BCUT2D eigenvalue weighted by molar-refractivity contribution is -0.139. The number of rotatable bonds is 7. The smallest absolute Gasteiger partial charge is 0.341 e. The second-order valence-electron chi connectivity index (χ2n) is 6.69. The average molecular weight is 349 g/mol. The van der Waals surface area contributed by atoms with Gasteiger partial charge in [-0.3, -0.25) is 4.79 Å². The molecule has 1 heterocycles. The Balaban J connectivity index is 1.99. The van der Waals surface area contributed by atoms with Crippen LogP contribution in [0.15, 0.2) is 12.1 Å². The lowest BCUT2D eigenvalue weighted by Gasteiger charge is -2.25. The fourth-order valence-electron chi connectivity index (χ4n) is 3.17. The standard InChI is InChI=1S/C19H27NO5/c1-13-10-16(11-14(2)18(13)25-12-17(21)22)19(23)20(3)7-4-15-5-8-24-9-6-15/h10-11,15H,4-9,12H2,1-3H3,(H,21,22). The highest BCUT2D eigenvalue weighted by atomic mass is 16.5. The normalized spacial score (nSPS) is 15.0. The molecular formula is C19H27NO5. The van der Waals surface area contributed by atoms with Crippen LogP contribution in [-0.2, 0) is 9.53 Å². The molecule has 1 amide bonds. The topological polar surface area (TPSA) is 76.1 Å². The highest BCUT2D eigenvalue weighted by Gasteiger charge is 2.18. The van der Waals surface area contributed by atoms with Crippen molar-refractivity contribution in [3.8, 4) is 5.75 Å². The fraction of sp³-hybridized carbons (Fsp3) is 0.579. The minimum Gasteiger partial charge on any atom is -0.481 e. The summed E-state index contributed by atoms with van der Waals surface area (Å²) in [6.45, 7) is 5.61. The van der Waals surface area contributed by atoms with E-state index in [0.717, 1.165) is 50.1 Å². The average Bonchev–Trinajstić information content (AvgIpc) is 2.58. The number of nitrogens with zero attached hydrogens (tertiary/aromatic N) is 1. The van der Waals surface area contributed by atoms with Crippen molar-refractivity contribution in [2.45, 2.75) is 33.1 Å². The van der Waals surface area contributed by atoms with Gasteiger partial charge in [0, 0.05) is 32.4 Å². The van der Waals surface area contributed by atoms with Gasteiger partial charge in [0.1, 0.15) is 5.75 Å². The van der Waals surface area contributed by atoms with Crippen molar-refractivity contribution in [2.24, 2.45) is 5.92 Å². The molecule has 25 heavy (non-hydrogen) atoms. The predicted octanol–water partition coefficient (Wildman–Crippen LogP) is 2.66. The van der Waals surface area contributed by atoms with Gasteiger partial charge in [-0.1, -0.05) is 0 Å². The van der Waals surface area contributed by atoms with Crippen molar-refractivity contribution in [1.82, 2.24) is 4.90 Å². The molecule has 6 heteroatoms. The molecule has 1 saturated heterocycles. The molecule has 1 aliphatic rings. The van der Waals surface area contributed by atoms with Crippen LogP contribution in [0.2, 0.25) is 0 Å². The number of carboxylic acid groups (broad SMARTS) is 1. The van der Waals surface area contributed by atoms with Crippen LogP contribution in [0.4, 0.5) is 0 Å². The van der Waals surface area contributed by atoms with Gasteiger partial charge < -0.3 is 19.5 Å². The summed E-state index contributed by atoms with van der Waals surface area (Å²) in [4.78, 5) is 25.1. The Kier molecular flexibility index (Phi) is 6.82. The number of aryl methyl sites for hydroxylation is 2. The first-order chi connectivity index (χ1) is 11.9. The Morgan fingerprint density at radius 1 is 1.24 bits per heavy atom. The van der Waals surface area contributed by atoms with E-state index < -0.39 is 5.97 Å². The zero-order chi connectivity index (χ0) is 18.4. The Bertz CT molecular complexity index is 599. The number of carbonyl (C=O) groups excluding carboxylic acids is 1. The number of aliphatic carboxylic acids is 1. The zero-order valence-electron chi connectivity index (χ0n) is 15.2. The fourth-order valence-corrected chi connectivity index (χ4v) is 3.17. The molecule has 0 atom stereocenters. The highest BCUT2D eigenvalue weighted by Crippen LogP contribution is 2.26. The van der Waals surface area contributed by atoms with Crippen LogP contribution in [0.5, 0.6) is 5.75 Å². The van der Waals surface area contributed by atoms with E-state index in [1.54, 1.807) is 17.0 Å². The molecule has 1 fully saturated rings. The van der Waals surface area contributed by atoms with Gasteiger partial charge >= 0.3 is 5.97 Å². The number of hydrogen-bond donors (Lipinski definition) is 1. The number of amides is 1. The third-order valence-electron chi connectivity index (χ3n) is 4.61. The van der Waals surface area contributed by atoms with Crippen LogP contribution >= 0.6 is 0 Å². The number of carboxylic acids is 1. The summed E-state index contributed by atoms with van der Waals surface area (Å²) < 4.78 is 10.7. The van der Waals surface area contributed by atoms with Gasteiger partial charge in [0.2, 0.25) is 0 Å². The van der Waals surface area contributed by atoms with Crippen molar-refractivity contribution >= 4 is 11.9 Å². The molecule has 138 valence electrons. The van der Waals surface area contributed by atoms with Crippen LogP contribution in [0.3, 0.4) is 0 Å². The number of carbonyl (C=O) groups is 2. The van der Waals surface area contributed by atoms with Gasteiger partial charge in [0.25, 0.3) is 5.91 Å². The summed E-state index contributed by atoms with van der Waals surface area (Å²) in [6.07, 6.45) is 3.12. The maximum Gasteiger partial charge on any atom is 0.341 e. The number of hydrogen-bond acceptors (Lipinski definition) is 4. The van der Waals surface area contributed by atoms with Gasteiger partial charge in [-0.15, -0.1) is 0 Å². The monoisotopic (exact) mass is 349 g/mol. The first kappa shape index (κ1) is 19.2. The maximum atomic E-state index is 12.7. The van der Waals surface area contributed by atoms with Crippen LogP contribution in [-0.4, -0.2) is 55.3 Å². The summed E-state index contributed by atoms with van der Waals surface area (Å²) in [6, 6.07) is 3.52. The lowest BCUT2D eigenvalue weighted by Crippen LogP contribution is -2.30. The Morgan fingerprint density at radius 2 is 1.84 bits per heavy atom. The molecule has 1 N–H and O–H groups in total. The van der Waals surface area contributed by atoms with Gasteiger partial charge in [-0.05, 0) is 62.3 Å². The minimum absolute atomic E-state index is 0.0250. The van der Waals surface area contributed by atoms with E-state index in [9.17, 15) is 9.59 Å². The van der Waals surface area contributed by atoms with Gasteiger partial charge in [-0.2, -0.15) is 0 Å². The summed E-state index contributed by atoms with van der Waals surface area (Å²) in [5.41, 5.74) is 2.14. The molecule has 1 aromatic rings. The van der Waals surface area contributed by atoms with Crippen molar-refractivity contribution in [3.05, 3.63) is 28.8 Å². The van der Waals surface area contributed by atoms with E-state index in [1.807, 2.05) is 20.9 Å². The largest absolute Gasteiger partial charge is 0.481 e. The van der Waals surface area contributed by atoms with Crippen molar-refractivity contribution in [1.29, 1.82) is 0 Å². The molecule has 2 rings (SSSR count). The second-order valence-corrected chi connectivity index (χ2v) is 6.69. The van der Waals surface area contributed by atoms with Gasteiger partial charge in [0.05, 0.1) is 0 Å². The maximum absolute atomic E-state index is 12.7. The molecule has 0 radical (unpaired) electrons. The van der Waals surface area contributed by atoms with Crippen LogP contribution in [0, 0.1) is 19.8 Å². The highest BCUT2D eigenvalue weighted by molar-refractivity contribution is 5.94.